The molecular weight excluding hydrogens is 692 g/mol. The lowest BCUT2D eigenvalue weighted by Gasteiger charge is -2.17. The van der Waals surface area contributed by atoms with E-state index < -0.39 is 5.97 Å². The molecule has 12 nitrogen and oxygen atoms in total. The van der Waals surface area contributed by atoms with Crippen LogP contribution in [0.5, 0.6) is 23.0 Å². The SMILES string of the molecule is C.C.COc1ccc(COC(=O)CC(C2=NOCC2)c2ccc(OCc3ccc(OC)cc3)cc2)cc1.O=C(O)CC(C1=NOCC1)c1ccc(O)cc1. The topological polar surface area (TPSA) is 155 Å². The summed E-state index contributed by atoms with van der Waals surface area (Å²) in [5.74, 6) is 0.814. The van der Waals surface area contributed by atoms with Crippen molar-refractivity contribution in [2.75, 3.05) is 27.4 Å². The van der Waals surface area contributed by atoms with Gasteiger partial charge in [-0.3, -0.25) is 9.59 Å². The van der Waals surface area contributed by atoms with Gasteiger partial charge in [-0.05, 0) is 70.8 Å². The average Bonchev–Trinajstić information content (AvgIpc) is 3.92. The lowest BCUT2D eigenvalue weighted by atomic mass is 9.89. The Balaban J connectivity index is 0.000000348. The van der Waals surface area contributed by atoms with E-state index in [0.717, 1.165) is 50.9 Å². The van der Waals surface area contributed by atoms with E-state index in [1.807, 2.05) is 72.8 Å². The van der Waals surface area contributed by atoms with E-state index in [1.165, 1.54) is 0 Å². The Kier molecular flexibility index (Phi) is 16.9. The number of carbonyl (C=O) groups excluding carboxylic acids is 1. The van der Waals surface area contributed by atoms with Gasteiger partial charge in [0.2, 0.25) is 0 Å². The van der Waals surface area contributed by atoms with Crippen LogP contribution in [-0.2, 0) is 37.2 Å². The number of oxime groups is 2. The van der Waals surface area contributed by atoms with Gasteiger partial charge >= 0.3 is 11.9 Å². The molecule has 0 bridgehead atoms. The number of carboxylic acids is 1. The molecule has 6 rings (SSSR count). The number of carboxylic acid groups (broad SMARTS) is 1. The van der Waals surface area contributed by atoms with Crippen LogP contribution in [0.4, 0.5) is 0 Å². The van der Waals surface area contributed by atoms with Crippen LogP contribution in [0.25, 0.3) is 0 Å². The minimum absolute atomic E-state index is 0. The number of ether oxygens (including phenoxy) is 4. The largest absolute Gasteiger partial charge is 0.508 e. The van der Waals surface area contributed by atoms with E-state index in [2.05, 4.69) is 10.3 Å². The summed E-state index contributed by atoms with van der Waals surface area (Å²) in [5, 5.41) is 26.2. The zero-order valence-corrected chi connectivity index (χ0v) is 29.1. The highest BCUT2D eigenvalue weighted by Crippen LogP contribution is 2.29. The number of phenolic OH excluding ortho intramolecular Hbond substituents is 1. The summed E-state index contributed by atoms with van der Waals surface area (Å²) >= 11 is 0. The second-order valence-electron chi connectivity index (χ2n) is 12.0. The number of hydrogen-bond acceptors (Lipinski definition) is 11. The minimum Gasteiger partial charge on any atom is -0.508 e. The Morgan fingerprint density at radius 1 is 0.648 bits per heavy atom. The number of aromatic hydroxyl groups is 1. The smallest absolute Gasteiger partial charge is 0.307 e. The second kappa shape index (κ2) is 21.5. The van der Waals surface area contributed by atoms with E-state index in [-0.39, 0.29) is 57.9 Å². The van der Waals surface area contributed by atoms with Crippen molar-refractivity contribution in [2.45, 2.75) is 65.6 Å². The third kappa shape index (κ3) is 12.6. The predicted octanol–water partition coefficient (Wildman–Crippen LogP) is 8.28. The highest BCUT2D eigenvalue weighted by Gasteiger charge is 2.27. The zero-order chi connectivity index (χ0) is 36.7. The maximum absolute atomic E-state index is 12.7. The van der Waals surface area contributed by atoms with Crippen LogP contribution in [0.1, 0.15) is 74.6 Å². The number of rotatable bonds is 15. The van der Waals surface area contributed by atoms with Gasteiger partial charge in [-0.15, -0.1) is 0 Å². The fraction of sp³-hybridized carbons (Fsp3) is 0.333. The molecule has 0 radical (unpaired) electrons. The molecule has 4 aromatic rings. The maximum Gasteiger partial charge on any atom is 0.307 e. The average molecular weight is 743 g/mol. The summed E-state index contributed by atoms with van der Waals surface area (Å²) in [6.07, 6.45) is 1.50. The second-order valence-corrected chi connectivity index (χ2v) is 12.0. The monoisotopic (exact) mass is 742 g/mol. The van der Waals surface area contributed by atoms with Crippen LogP contribution in [0, 0.1) is 0 Å². The van der Waals surface area contributed by atoms with Crippen LogP contribution in [0.3, 0.4) is 0 Å². The molecule has 2 unspecified atom stereocenters. The summed E-state index contributed by atoms with van der Waals surface area (Å²) in [5.41, 5.74) is 5.33. The molecule has 2 N–H and O–H groups in total. The number of nitrogens with zero attached hydrogens (tertiary/aromatic N) is 2. The number of phenols is 1. The van der Waals surface area contributed by atoms with Crippen LogP contribution < -0.4 is 14.2 Å². The quantitative estimate of drug-likeness (QED) is 0.114. The number of benzene rings is 4. The molecule has 0 amide bonds. The molecule has 0 spiro atoms. The molecule has 2 atom stereocenters. The molecule has 0 saturated heterocycles. The standard InChI is InChI=1S/C28H29NO6.C12H13NO4.2CH4/c1-31-23-9-3-20(4-10-23)18-33-25-13-7-22(8-14-25)26(27-15-16-35-29-27)17-28(30)34-19-21-5-11-24(32-2)12-6-21;14-9-3-1-8(2-4-9)10(7-12(15)16)11-5-6-17-13-11;;/h3-14,26H,15-19H2,1-2H3;1-4,10,14H,5-7H2,(H,15,16);2*1H4. The number of aliphatic carboxylic acids is 1. The molecule has 0 aliphatic carbocycles. The van der Waals surface area contributed by atoms with Gasteiger partial charge in [0, 0.05) is 24.7 Å². The summed E-state index contributed by atoms with van der Waals surface area (Å²) in [6.45, 7) is 1.68. The third-order valence-corrected chi connectivity index (χ3v) is 8.52. The van der Waals surface area contributed by atoms with Gasteiger partial charge in [-0.2, -0.15) is 0 Å². The van der Waals surface area contributed by atoms with Crippen molar-refractivity contribution in [1.82, 2.24) is 0 Å². The van der Waals surface area contributed by atoms with Gasteiger partial charge in [0.25, 0.3) is 0 Å². The van der Waals surface area contributed by atoms with E-state index in [1.54, 1.807) is 38.5 Å². The number of esters is 1. The summed E-state index contributed by atoms with van der Waals surface area (Å²) in [6, 6.07) is 29.4. The fourth-order valence-electron chi connectivity index (χ4n) is 5.66. The summed E-state index contributed by atoms with van der Waals surface area (Å²) in [7, 11) is 3.26. The van der Waals surface area contributed by atoms with Gasteiger partial charge < -0.3 is 38.8 Å². The molecular formula is C42H50N2O10. The van der Waals surface area contributed by atoms with Crippen molar-refractivity contribution >= 4 is 23.4 Å². The van der Waals surface area contributed by atoms with Gasteiger partial charge in [0.1, 0.15) is 49.4 Å². The molecule has 54 heavy (non-hydrogen) atoms. The van der Waals surface area contributed by atoms with Crippen molar-refractivity contribution in [3.63, 3.8) is 0 Å². The first kappa shape index (κ1) is 42.4. The fourth-order valence-corrected chi connectivity index (χ4v) is 5.66. The molecule has 0 aromatic heterocycles. The number of methoxy groups -OCH3 is 2. The van der Waals surface area contributed by atoms with Crippen molar-refractivity contribution < 1.29 is 48.4 Å². The molecule has 288 valence electrons. The van der Waals surface area contributed by atoms with E-state index >= 15 is 0 Å². The van der Waals surface area contributed by atoms with E-state index in [4.69, 9.17) is 33.7 Å². The van der Waals surface area contributed by atoms with Crippen molar-refractivity contribution in [2.24, 2.45) is 10.3 Å². The van der Waals surface area contributed by atoms with Crippen molar-refractivity contribution in [1.29, 1.82) is 0 Å². The predicted molar refractivity (Wildman–Crippen MR) is 206 cm³/mol. The Hall–Kier alpha value is -6.04. The molecule has 0 fully saturated rings. The molecule has 0 saturated carbocycles. The van der Waals surface area contributed by atoms with Crippen molar-refractivity contribution in [3.05, 3.63) is 119 Å². The molecule has 4 aromatic carbocycles. The minimum atomic E-state index is -0.877. The summed E-state index contributed by atoms with van der Waals surface area (Å²) < 4.78 is 21.8. The Bertz CT molecular complexity index is 1810. The molecule has 12 heteroatoms. The lowest BCUT2D eigenvalue weighted by Crippen LogP contribution is -2.17. The highest BCUT2D eigenvalue weighted by molar-refractivity contribution is 5.95. The first-order valence-corrected chi connectivity index (χ1v) is 16.8. The van der Waals surface area contributed by atoms with Crippen molar-refractivity contribution in [3.8, 4) is 23.0 Å². The first-order chi connectivity index (χ1) is 25.3. The third-order valence-electron chi connectivity index (χ3n) is 8.52. The first-order valence-electron chi connectivity index (χ1n) is 16.8. The van der Waals surface area contributed by atoms with Crippen LogP contribution in [-0.4, -0.2) is 61.0 Å². The lowest BCUT2D eigenvalue weighted by molar-refractivity contribution is -0.145. The Morgan fingerprint density at radius 2 is 1.09 bits per heavy atom. The van der Waals surface area contributed by atoms with E-state index in [9.17, 15) is 14.7 Å². The van der Waals surface area contributed by atoms with Crippen LogP contribution in [0.15, 0.2) is 107 Å². The molecule has 2 heterocycles. The number of hydrogen-bond donors (Lipinski definition) is 2. The van der Waals surface area contributed by atoms with Gasteiger partial charge in [-0.1, -0.05) is 73.7 Å². The maximum atomic E-state index is 12.7. The van der Waals surface area contributed by atoms with Gasteiger partial charge in [0.15, 0.2) is 0 Å². The highest BCUT2D eigenvalue weighted by atomic mass is 16.6. The molecule has 2 aliphatic rings. The van der Waals surface area contributed by atoms with Gasteiger partial charge in [-0.25, -0.2) is 0 Å². The number of carbonyl (C=O) groups is 2. The van der Waals surface area contributed by atoms with E-state index in [0.29, 0.717) is 32.7 Å². The zero-order valence-electron chi connectivity index (χ0n) is 29.1. The Labute approximate surface area is 316 Å². The van der Waals surface area contributed by atoms with Crippen LogP contribution >= 0.6 is 0 Å². The Morgan fingerprint density at radius 3 is 1.54 bits per heavy atom. The van der Waals surface area contributed by atoms with Gasteiger partial charge in [0.05, 0.1) is 38.5 Å². The summed E-state index contributed by atoms with van der Waals surface area (Å²) in [4.78, 5) is 33.7. The molecule has 2 aliphatic heterocycles. The van der Waals surface area contributed by atoms with Crippen LogP contribution in [0.2, 0.25) is 0 Å². The normalized spacial score (nSPS) is 13.7.